The molecule has 0 N–H and O–H groups in total. The second-order valence-electron chi connectivity index (χ2n) is 5.76. The summed E-state index contributed by atoms with van der Waals surface area (Å²) >= 11 is 5.98. The summed E-state index contributed by atoms with van der Waals surface area (Å²) in [5.74, 6) is 1.14. The summed E-state index contributed by atoms with van der Waals surface area (Å²) in [6.45, 7) is 1.64. The van der Waals surface area contributed by atoms with E-state index < -0.39 is 14.9 Å². The molecule has 0 aromatic heterocycles. The molecule has 0 saturated heterocycles. The highest BCUT2D eigenvalue weighted by atomic mass is 35.5. The zero-order valence-electron chi connectivity index (χ0n) is 13.9. The van der Waals surface area contributed by atoms with E-state index in [0.29, 0.717) is 17.1 Å². The molecule has 0 unspecified atom stereocenters. The van der Waals surface area contributed by atoms with Gasteiger partial charge in [0.15, 0.2) is 11.5 Å². The molecule has 0 atom stereocenters. The van der Waals surface area contributed by atoms with Gasteiger partial charge in [0.25, 0.3) is 5.69 Å². The third kappa shape index (κ3) is 3.33. The highest BCUT2D eigenvalue weighted by molar-refractivity contribution is 7.89. The fourth-order valence-corrected chi connectivity index (χ4v) is 4.03. The molecule has 26 heavy (non-hydrogen) atoms. The van der Waals surface area contributed by atoms with Crippen molar-refractivity contribution in [3.8, 4) is 11.5 Å². The Hall–Kier alpha value is -2.36. The van der Waals surface area contributed by atoms with Crippen molar-refractivity contribution in [2.24, 2.45) is 0 Å². The number of ether oxygens (including phenoxy) is 2. The molecule has 1 aliphatic heterocycles. The largest absolute Gasteiger partial charge is 0.454 e. The normalized spacial score (nSPS) is 13.2. The lowest BCUT2D eigenvalue weighted by atomic mass is 10.2. The van der Waals surface area contributed by atoms with Crippen LogP contribution in [0.3, 0.4) is 0 Å². The monoisotopic (exact) mass is 398 g/mol. The van der Waals surface area contributed by atoms with E-state index in [1.165, 1.54) is 20.0 Å². The standard InChI is InChI=1S/C16H15ClN2O6S/c1-10-13(17)6-12(7-14(10)19(20)21)26(22,23)18(2)8-11-3-4-15-16(5-11)25-9-24-15/h3-7H,8-9H2,1-2H3. The Morgan fingerprint density at radius 1 is 1.23 bits per heavy atom. The van der Waals surface area contributed by atoms with Crippen molar-refractivity contribution < 1.29 is 22.8 Å². The van der Waals surface area contributed by atoms with Crippen LogP contribution in [0.1, 0.15) is 11.1 Å². The molecule has 0 bridgehead atoms. The first-order chi connectivity index (χ1) is 12.2. The Bertz CT molecular complexity index is 992. The van der Waals surface area contributed by atoms with E-state index in [9.17, 15) is 18.5 Å². The molecule has 138 valence electrons. The van der Waals surface area contributed by atoms with Crippen LogP contribution in [0, 0.1) is 17.0 Å². The SMILES string of the molecule is Cc1c(Cl)cc(S(=O)(=O)N(C)Cc2ccc3c(c2)OCO3)cc1[N+](=O)[O-]. The van der Waals surface area contributed by atoms with Crippen molar-refractivity contribution in [1.82, 2.24) is 4.31 Å². The number of halogens is 1. The summed E-state index contributed by atoms with van der Waals surface area (Å²) in [4.78, 5) is 10.2. The highest BCUT2D eigenvalue weighted by Gasteiger charge is 2.26. The topological polar surface area (TPSA) is 99.0 Å². The molecule has 0 spiro atoms. The zero-order valence-corrected chi connectivity index (χ0v) is 15.5. The highest BCUT2D eigenvalue weighted by Crippen LogP contribution is 2.34. The third-order valence-electron chi connectivity index (χ3n) is 4.04. The van der Waals surface area contributed by atoms with Gasteiger partial charge < -0.3 is 9.47 Å². The molecule has 0 saturated carbocycles. The number of sulfonamides is 1. The predicted octanol–water partition coefficient (Wildman–Crippen LogP) is 3.11. The Morgan fingerprint density at radius 3 is 2.62 bits per heavy atom. The second kappa shape index (κ2) is 6.75. The van der Waals surface area contributed by atoms with Crippen LogP contribution in [-0.4, -0.2) is 31.5 Å². The number of nitro benzene ring substituents is 1. The van der Waals surface area contributed by atoms with Crippen LogP contribution < -0.4 is 9.47 Å². The molecule has 0 amide bonds. The van der Waals surface area contributed by atoms with Gasteiger partial charge in [-0.05, 0) is 30.7 Å². The first-order valence-electron chi connectivity index (χ1n) is 7.49. The quantitative estimate of drug-likeness (QED) is 0.566. The predicted molar refractivity (Wildman–Crippen MR) is 94.1 cm³/mol. The Labute approximate surface area is 155 Å². The first-order valence-corrected chi connectivity index (χ1v) is 9.31. The minimum atomic E-state index is -3.97. The summed E-state index contributed by atoms with van der Waals surface area (Å²) in [5, 5.41) is 11.2. The molecule has 2 aromatic carbocycles. The number of hydrogen-bond acceptors (Lipinski definition) is 6. The number of fused-ring (bicyclic) bond motifs is 1. The molecule has 0 radical (unpaired) electrons. The first kappa shape index (κ1) is 18.4. The number of benzene rings is 2. The molecule has 1 heterocycles. The van der Waals surface area contributed by atoms with Crippen LogP contribution in [0.4, 0.5) is 5.69 Å². The lowest BCUT2D eigenvalue weighted by molar-refractivity contribution is -0.385. The summed E-state index contributed by atoms with van der Waals surface area (Å²) in [6, 6.07) is 7.36. The van der Waals surface area contributed by atoms with Gasteiger partial charge in [0.05, 0.1) is 14.8 Å². The second-order valence-corrected chi connectivity index (χ2v) is 8.21. The van der Waals surface area contributed by atoms with Gasteiger partial charge in [0.1, 0.15) is 0 Å². The average molecular weight is 399 g/mol. The van der Waals surface area contributed by atoms with Crippen LogP contribution in [0.5, 0.6) is 11.5 Å². The summed E-state index contributed by atoms with van der Waals surface area (Å²) in [6.07, 6.45) is 0. The van der Waals surface area contributed by atoms with Crippen molar-refractivity contribution >= 4 is 27.3 Å². The van der Waals surface area contributed by atoms with E-state index >= 15 is 0 Å². The van der Waals surface area contributed by atoms with Gasteiger partial charge in [-0.15, -0.1) is 0 Å². The maximum absolute atomic E-state index is 12.8. The lowest BCUT2D eigenvalue weighted by Gasteiger charge is -2.18. The Balaban J connectivity index is 1.91. The lowest BCUT2D eigenvalue weighted by Crippen LogP contribution is -2.26. The van der Waals surface area contributed by atoms with Crippen LogP contribution >= 0.6 is 11.6 Å². The number of hydrogen-bond donors (Lipinski definition) is 0. The zero-order chi connectivity index (χ0) is 19.1. The fourth-order valence-electron chi connectivity index (χ4n) is 2.54. The van der Waals surface area contributed by atoms with Gasteiger partial charge in [-0.1, -0.05) is 17.7 Å². The smallest absolute Gasteiger partial charge is 0.275 e. The van der Waals surface area contributed by atoms with E-state index in [4.69, 9.17) is 21.1 Å². The van der Waals surface area contributed by atoms with E-state index in [1.54, 1.807) is 18.2 Å². The minimum absolute atomic E-state index is 0.0225. The van der Waals surface area contributed by atoms with Gasteiger partial charge >= 0.3 is 0 Å². The molecule has 3 rings (SSSR count). The molecule has 8 nitrogen and oxygen atoms in total. The molecule has 0 aliphatic carbocycles. The fraction of sp³-hybridized carbons (Fsp3) is 0.250. The van der Waals surface area contributed by atoms with Crippen LogP contribution in [-0.2, 0) is 16.6 Å². The maximum Gasteiger partial charge on any atom is 0.275 e. The Kier molecular flexibility index (Phi) is 4.78. The van der Waals surface area contributed by atoms with E-state index in [0.717, 1.165) is 10.4 Å². The van der Waals surface area contributed by atoms with E-state index in [1.807, 2.05) is 0 Å². The molecular weight excluding hydrogens is 384 g/mol. The number of nitrogens with zero attached hydrogens (tertiary/aromatic N) is 2. The average Bonchev–Trinajstić information content (AvgIpc) is 3.04. The molecule has 0 fully saturated rings. The van der Waals surface area contributed by atoms with E-state index in [2.05, 4.69) is 0 Å². The third-order valence-corrected chi connectivity index (χ3v) is 6.21. The molecule has 2 aromatic rings. The van der Waals surface area contributed by atoms with Gasteiger partial charge in [-0.2, -0.15) is 4.31 Å². The molecule has 1 aliphatic rings. The molecule has 10 heteroatoms. The maximum atomic E-state index is 12.8. The van der Waals surface area contributed by atoms with Crippen molar-refractivity contribution in [1.29, 1.82) is 0 Å². The minimum Gasteiger partial charge on any atom is -0.454 e. The number of nitro groups is 1. The van der Waals surface area contributed by atoms with Crippen LogP contribution in [0.25, 0.3) is 0 Å². The number of rotatable bonds is 5. The van der Waals surface area contributed by atoms with Crippen molar-refractivity contribution in [3.63, 3.8) is 0 Å². The van der Waals surface area contributed by atoms with Crippen LogP contribution in [0.15, 0.2) is 35.2 Å². The summed E-state index contributed by atoms with van der Waals surface area (Å²) in [5.41, 5.74) is 0.564. The van der Waals surface area contributed by atoms with Gasteiger partial charge in [-0.3, -0.25) is 10.1 Å². The van der Waals surface area contributed by atoms with Crippen molar-refractivity contribution in [3.05, 3.63) is 56.6 Å². The summed E-state index contributed by atoms with van der Waals surface area (Å²) in [7, 11) is -2.59. The van der Waals surface area contributed by atoms with Crippen LogP contribution in [0.2, 0.25) is 5.02 Å². The van der Waals surface area contributed by atoms with E-state index in [-0.39, 0.29) is 34.5 Å². The molecular formula is C16H15ClN2O6S. The van der Waals surface area contributed by atoms with Gasteiger partial charge in [0.2, 0.25) is 16.8 Å². The van der Waals surface area contributed by atoms with Gasteiger partial charge in [0, 0.05) is 25.2 Å². The van der Waals surface area contributed by atoms with Crippen molar-refractivity contribution in [2.45, 2.75) is 18.4 Å². The van der Waals surface area contributed by atoms with Gasteiger partial charge in [-0.25, -0.2) is 8.42 Å². The van der Waals surface area contributed by atoms with Crippen molar-refractivity contribution in [2.75, 3.05) is 13.8 Å². The Morgan fingerprint density at radius 2 is 1.92 bits per heavy atom. The summed E-state index contributed by atoms with van der Waals surface area (Å²) < 4.78 is 37.2.